The summed E-state index contributed by atoms with van der Waals surface area (Å²) in [5, 5.41) is 10.3. The van der Waals surface area contributed by atoms with Gasteiger partial charge in [-0.2, -0.15) is 5.26 Å². The largest absolute Gasteiger partial charge is 0.338 e. The number of halogens is 1. The van der Waals surface area contributed by atoms with Crippen LogP contribution in [0.5, 0.6) is 0 Å². The second-order valence-electron chi connectivity index (χ2n) is 6.46. The van der Waals surface area contributed by atoms with E-state index in [2.05, 4.69) is 75.0 Å². The van der Waals surface area contributed by atoms with Gasteiger partial charge >= 0.3 is 0 Å². The minimum absolute atomic E-state index is 0.617. The van der Waals surface area contributed by atoms with Crippen LogP contribution < -0.4 is 0 Å². The lowest BCUT2D eigenvalue weighted by molar-refractivity contribution is 1.12. The maximum Gasteiger partial charge on any atom is 0.138 e. The first kappa shape index (κ1) is 18.1. The summed E-state index contributed by atoms with van der Waals surface area (Å²) in [7, 11) is 1.66. The van der Waals surface area contributed by atoms with Gasteiger partial charge in [0.1, 0.15) is 5.82 Å². The predicted molar refractivity (Wildman–Crippen MR) is 122 cm³/mol. The van der Waals surface area contributed by atoms with Gasteiger partial charge in [0.25, 0.3) is 0 Å². The van der Waals surface area contributed by atoms with E-state index in [1.807, 2.05) is 12.1 Å². The van der Waals surface area contributed by atoms with E-state index in [1.165, 1.54) is 22.0 Å². The molecule has 0 saturated carbocycles. The van der Waals surface area contributed by atoms with Crippen LogP contribution >= 0.6 is 30.3 Å². The van der Waals surface area contributed by atoms with Crippen molar-refractivity contribution in [2.75, 3.05) is 0 Å². The van der Waals surface area contributed by atoms with Gasteiger partial charge in [0.05, 0.1) is 28.2 Å². The normalized spacial score (nSPS) is 11.2. The highest BCUT2D eigenvalue weighted by molar-refractivity contribution is 14.2. The number of benzene rings is 2. The second kappa shape index (κ2) is 7.06. The van der Waals surface area contributed by atoms with Crippen molar-refractivity contribution < 1.29 is 0 Å². The van der Waals surface area contributed by atoms with Crippen LogP contribution in [0.1, 0.15) is 35.0 Å². The summed E-state index contributed by atoms with van der Waals surface area (Å²) in [6.07, 6.45) is 3.02. The molecule has 134 valence electrons. The molecule has 1 N–H and O–H groups in total. The van der Waals surface area contributed by atoms with Crippen molar-refractivity contribution in [3.63, 3.8) is 0 Å². The van der Waals surface area contributed by atoms with Crippen molar-refractivity contribution in [2.45, 2.75) is 20.3 Å². The second-order valence-corrected chi connectivity index (χ2v) is 8.17. The van der Waals surface area contributed by atoms with Crippen LogP contribution in [-0.2, 0) is 6.42 Å². The van der Waals surface area contributed by atoms with Gasteiger partial charge in [0, 0.05) is 47.5 Å². The molecule has 0 unspecified atom stereocenters. The number of nitrogens with zero attached hydrogens (tertiary/aromatic N) is 3. The molecule has 0 aliphatic heterocycles. The van der Waals surface area contributed by atoms with Crippen molar-refractivity contribution in [3.05, 3.63) is 71.2 Å². The zero-order valence-electron chi connectivity index (χ0n) is 15.0. The molecule has 0 bridgehead atoms. The first-order valence-corrected chi connectivity index (χ1v) is 11.9. The molecule has 2 aromatic carbocycles. The highest BCUT2D eigenvalue weighted by Gasteiger charge is 2.18. The number of aromatic nitrogens is 3. The van der Waals surface area contributed by atoms with Crippen LogP contribution in [0.4, 0.5) is 0 Å². The number of aryl methyl sites for hydroxylation is 2. The van der Waals surface area contributed by atoms with E-state index in [0.717, 1.165) is 34.4 Å². The molecule has 27 heavy (non-hydrogen) atoms. The summed E-state index contributed by atoms with van der Waals surface area (Å²) in [6.45, 7) is 8.70. The number of H-pyrrole nitrogens is 1. The minimum atomic E-state index is 0.617. The number of nitriles is 1. The van der Waals surface area contributed by atoms with Gasteiger partial charge in [-0.1, -0.05) is 19.6 Å². The number of hydrogen-bond acceptors (Lipinski definition) is 3. The molecule has 0 aliphatic carbocycles. The molecule has 4 nitrogen and oxygen atoms in total. The Morgan fingerprint density at radius 1 is 1.37 bits per heavy atom. The lowest BCUT2D eigenvalue weighted by Crippen LogP contribution is -1.98. The summed E-state index contributed by atoms with van der Waals surface area (Å²) in [5.41, 5.74) is 8.07. The molecule has 6 heteroatoms. The van der Waals surface area contributed by atoms with Gasteiger partial charge in [-0.3, -0.25) is 3.97 Å². The Kier molecular flexibility index (Phi) is 4.74. The average molecular weight is 484 g/mol. The minimum Gasteiger partial charge on any atom is -0.338 e. The molecule has 2 heterocycles. The maximum absolute atomic E-state index is 9.12. The average Bonchev–Trinajstić information content (AvgIpc) is 3.30. The number of aromatic amines is 1. The van der Waals surface area contributed by atoms with Gasteiger partial charge < -0.3 is 4.98 Å². The standard InChI is InChI=1S/C21H17IN4S/c1-4-15-9-12(2)20-16(7-8-26(20)27-22)19(15)13(3)21-24-17-6-5-14(11-23)10-18(17)25-21/h5-10H,3-4H2,1-2H3,(H,24,25). The van der Waals surface area contributed by atoms with Crippen molar-refractivity contribution >= 4 is 57.8 Å². The zero-order chi connectivity index (χ0) is 19.1. The lowest BCUT2D eigenvalue weighted by Gasteiger charge is -2.14. The van der Waals surface area contributed by atoms with Gasteiger partial charge in [-0.25, -0.2) is 4.98 Å². The third-order valence-corrected chi connectivity index (χ3v) is 6.59. The highest BCUT2D eigenvalue weighted by atomic mass is 127. The maximum atomic E-state index is 9.12. The van der Waals surface area contributed by atoms with Crippen molar-refractivity contribution in [1.82, 2.24) is 13.9 Å². The van der Waals surface area contributed by atoms with Gasteiger partial charge in [-0.15, -0.1) is 0 Å². The SMILES string of the molecule is C=C(c1nc2ccc(C#N)cc2[nH]1)c1c(CC)cc(C)c2c1ccn2SI. The molecule has 4 rings (SSSR count). The summed E-state index contributed by atoms with van der Waals surface area (Å²) in [6, 6.07) is 12.1. The summed E-state index contributed by atoms with van der Waals surface area (Å²) < 4.78 is 2.18. The number of imidazole rings is 1. The highest BCUT2D eigenvalue weighted by Crippen LogP contribution is 2.36. The van der Waals surface area contributed by atoms with Crippen molar-refractivity contribution in [3.8, 4) is 6.07 Å². The van der Waals surface area contributed by atoms with Crippen LogP contribution in [0, 0.1) is 18.3 Å². The summed E-state index contributed by atoms with van der Waals surface area (Å²) >= 11 is 2.30. The molecule has 0 atom stereocenters. The van der Waals surface area contributed by atoms with Gasteiger partial charge in [0.15, 0.2) is 0 Å². The third kappa shape index (κ3) is 2.95. The fourth-order valence-corrected chi connectivity index (χ4v) is 5.01. The lowest BCUT2D eigenvalue weighted by atomic mass is 9.93. The van der Waals surface area contributed by atoms with Gasteiger partial charge in [0.2, 0.25) is 0 Å². The monoisotopic (exact) mass is 484 g/mol. The van der Waals surface area contributed by atoms with E-state index in [-0.39, 0.29) is 0 Å². The Balaban J connectivity index is 1.93. The third-order valence-electron chi connectivity index (χ3n) is 4.86. The fraction of sp³-hybridized carbons (Fsp3) is 0.143. The summed E-state index contributed by atoms with van der Waals surface area (Å²) in [5.74, 6) is 0.745. The molecule has 0 amide bonds. The molecule has 0 saturated heterocycles. The van der Waals surface area contributed by atoms with Crippen molar-refractivity contribution in [2.24, 2.45) is 0 Å². The zero-order valence-corrected chi connectivity index (χ0v) is 18.0. The Hall–Kier alpha value is -2.24. The number of hydrogen-bond donors (Lipinski definition) is 1. The van der Waals surface area contributed by atoms with E-state index in [0.29, 0.717) is 5.56 Å². The topological polar surface area (TPSA) is 57.4 Å². The number of nitrogens with one attached hydrogen (secondary N) is 1. The number of rotatable bonds is 4. The van der Waals surface area contributed by atoms with E-state index < -0.39 is 0 Å². The van der Waals surface area contributed by atoms with E-state index >= 15 is 0 Å². The Labute approximate surface area is 174 Å². The Morgan fingerprint density at radius 3 is 2.89 bits per heavy atom. The summed E-state index contributed by atoms with van der Waals surface area (Å²) in [4.78, 5) is 8.06. The Morgan fingerprint density at radius 2 is 2.19 bits per heavy atom. The molecule has 2 aromatic heterocycles. The fourth-order valence-electron chi connectivity index (χ4n) is 3.61. The van der Waals surface area contributed by atoms with Crippen molar-refractivity contribution in [1.29, 1.82) is 5.26 Å². The van der Waals surface area contributed by atoms with Crippen LogP contribution in [0.2, 0.25) is 0 Å². The van der Waals surface area contributed by atoms with E-state index in [4.69, 9.17) is 10.2 Å². The molecule has 4 aromatic rings. The smallest absolute Gasteiger partial charge is 0.138 e. The number of fused-ring (bicyclic) bond motifs is 2. The van der Waals surface area contributed by atoms with Gasteiger partial charge in [-0.05, 0) is 54.3 Å². The Bertz CT molecular complexity index is 1240. The van der Waals surface area contributed by atoms with Crippen LogP contribution in [0.3, 0.4) is 0 Å². The molecular weight excluding hydrogens is 467 g/mol. The first-order valence-electron chi connectivity index (χ1n) is 8.59. The first-order chi connectivity index (χ1) is 13.1. The molecule has 0 radical (unpaired) electrons. The van der Waals surface area contributed by atoms with Crippen LogP contribution in [0.25, 0.3) is 27.5 Å². The molecular formula is C21H17IN4S. The van der Waals surface area contributed by atoms with E-state index in [9.17, 15) is 0 Å². The van der Waals surface area contributed by atoms with Crippen LogP contribution in [0.15, 0.2) is 43.1 Å². The van der Waals surface area contributed by atoms with E-state index in [1.54, 1.807) is 15.2 Å². The molecule has 0 spiro atoms. The molecule has 0 aliphatic rings. The van der Waals surface area contributed by atoms with Crippen LogP contribution in [-0.4, -0.2) is 13.9 Å². The molecule has 0 fully saturated rings. The predicted octanol–water partition coefficient (Wildman–Crippen LogP) is 6.17. The quantitative estimate of drug-likeness (QED) is 0.353.